The van der Waals surface area contributed by atoms with Gasteiger partial charge in [-0.25, -0.2) is 13.4 Å². The third-order valence-electron chi connectivity index (χ3n) is 2.98. The highest BCUT2D eigenvalue weighted by atomic mass is 32.2. The monoisotopic (exact) mass is 306 g/mol. The molecule has 2 aromatic rings. The molecule has 1 aromatic heterocycles. The van der Waals surface area contributed by atoms with Crippen LogP contribution < -0.4 is 10.1 Å². The number of pyridine rings is 1. The van der Waals surface area contributed by atoms with Crippen molar-refractivity contribution in [3.63, 3.8) is 0 Å². The topological polar surface area (TPSA) is 68.3 Å². The van der Waals surface area contributed by atoms with Crippen LogP contribution in [0.3, 0.4) is 0 Å². The predicted molar refractivity (Wildman–Crippen MR) is 80.9 cm³/mol. The molecule has 0 bridgehead atoms. The van der Waals surface area contributed by atoms with Crippen LogP contribution in [-0.2, 0) is 22.9 Å². The molecule has 0 amide bonds. The van der Waals surface area contributed by atoms with Crippen molar-refractivity contribution in [2.45, 2.75) is 18.0 Å². The van der Waals surface area contributed by atoms with Gasteiger partial charge in [0.25, 0.3) is 0 Å². The Labute approximate surface area is 124 Å². The Hall–Kier alpha value is -1.92. The first-order valence-electron chi connectivity index (χ1n) is 6.48. The molecule has 0 aliphatic carbocycles. The molecule has 0 saturated heterocycles. The van der Waals surface area contributed by atoms with Crippen LogP contribution in [0.25, 0.3) is 0 Å². The van der Waals surface area contributed by atoms with Gasteiger partial charge < -0.3 is 10.1 Å². The summed E-state index contributed by atoms with van der Waals surface area (Å²) in [7, 11) is -1.55. The summed E-state index contributed by atoms with van der Waals surface area (Å²) < 4.78 is 27.8. The van der Waals surface area contributed by atoms with E-state index in [2.05, 4.69) is 10.3 Å². The summed E-state index contributed by atoms with van der Waals surface area (Å²) in [5.41, 5.74) is 1.91. The summed E-state index contributed by atoms with van der Waals surface area (Å²) in [5, 5.41) is 3.26. The first-order valence-corrected chi connectivity index (χ1v) is 8.38. The normalized spacial score (nSPS) is 11.3. The Balaban J connectivity index is 1.91. The number of hydrogen-bond acceptors (Lipinski definition) is 5. The lowest BCUT2D eigenvalue weighted by Gasteiger charge is -2.06. The van der Waals surface area contributed by atoms with Crippen LogP contribution in [0.2, 0.25) is 0 Å². The molecule has 0 fully saturated rings. The highest BCUT2D eigenvalue weighted by molar-refractivity contribution is 7.90. The summed E-state index contributed by atoms with van der Waals surface area (Å²) in [6.45, 7) is 1.26. The lowest BCUT2D eigenvalue weighted by Crippen LogP contribution is -2.13. The molecule has 0 spiro atoms. The number of methoxy groups -OCH3 is 1. The summed E-state index contributed by atoms with van der Waals surface area (Å²) >= 11 is 0. The summed E-state index contributed by atoms with van der Waals surface area (Å²) in [6.07, 6.45) is 1.20. The molecule has 0 saturated carbocycles. The molecule has 112 valence electrons. The fraction of sp³-hybridized carbons (Fsp3) is 0.267. The minimum absolute atomic E-state index is 0.334. The van der Waals surface area contributed by atoms with E-state index < -0.39 is 9.84 Å². The van der Waals surface area contributed by atoms with Crippen molar-refractivity contribution in [2.24, 2.45) is 0 Å². The molecule has 0 unspecified atom stereocenters. The minimum Gasteiger partial charge on any atom is -0.481 e. The fourth-order valence-corrected chi connectivity index (χ4v) is 2.49. The van der Waals surface area contributed by atoms with E-state index in [1.165, 1.54) is 6.26 Å². The molecule has 1 aromatic carbocycles. The number of benzene rings is 1. The van der Waals surface area contributed by atoms with Gasteiger partial charge in [-0.3, -0.25) is 0 Å². The molecule has 6 heteroatoms. The minimum atomic E-state index is -3.14. The first-order chi connectivity index (χ1) is 9.99. The zero-order chi connectivity index (χ0) is 15.3. The van der Waals surface area contributed by atoms with Crippen LogP contribution in [0.1, 0.15) is 11.3 Å². The largest absolute Gasteiger partial charge is 0.481 e. The van der Waals surface area contributed by atoms with Gasteiger partial charge in [0, 0.05) is 25.4 Å². The van der Waals surface area contributed by atoms with E-state index >= 15 is 0 Å². The Kier molecular flexibility index (Phi) is 4.93. The number of nitrogens with zero attached hydrogens (tertiary/aromatic N) is 1. The maximum absolute atomic E-state index is 11.4. The van der Waals surface area contributed by atoms with Gasteiger partial charge in [0.05, 0.1) is 17.7 Å². The van der Waals surface area contributed by atoms with Gasteiger partial charge >= 0.3 is 0 Å². The van der Waals surface area contributed by atoms with Gasteiger partial charge in [-0.05, 0) is 23.8 Å². The summed E-state index contributed by atoms with van der Waals surface area (Å²) in [6, 6.07) is 12.5. The van der Waals surface area contributed by atoms with Crippen LogP contribution in [0.4, 0.5) is 0 Å². The molecule has 0 radical (unpaired) electrons. The molecule has 0 aliphatic heterocycles. The number of sulfone groups is 1. The number of nitrogens with one attached hydrogen (secondary N) is 1. The van der Waals surface area contributed by atoms with Crippen molar-refractivity contribution in [1.82, 2.24) is 10.3 Å². The third kappa shape index (κ3) is 4.54. The molecule has 0 aliphatic rings. The van der Waals surface area contributed by atoms with Crippen molar-refractivity contribution < 1.29 is 13.2 Å². The van der Waals surface area contributed by atoms with E-state index in [0.29, 0.717) is 23.9 Å². The summed E-state index contributed by atoms with van der Waals surface area (Å²) in [4.78, 5) is 4.64. The molecule has 21 heavy (non-hydrogen) atoms. The number of hydrogen-bond donors (Lipinski definition) is 1. The molecule has 2 rings (SSSR count). The smallest absolute Gasteiger partial charge is 0.213 e. The van der Waals surface area contributed by atoms with Crippen molar-refractivity contribution in [2.75, 3.05) is 13.4 Å². The van der Waals surface area contributed by atoms with Gasteiger partial charge in [0.15, 0.2) is 9.84 Å². The number of rotatable bonds is 6. The lowest BCUT2D eigenvalue weighted by atomic mass is 10.2. The third-order valence-corrected chi connectivity index (χ3v) is 4.11. The van der Waals surface area contributed by atoms with Crippen LogP contribution in [0.5, 0.6) is 5.88 Å². The second-order valence-corrected chi connectivity index (χ2v) is 6.71. The van der Waals surface area contributed by atoms with Crippen molar-refractivity contribution in [3.05, 3.63) is 53.7 Å². The Bertz CT molecular complexity index is 697. The quantitative estimate of drug-likeness (QED) is 0.881. The molecular formula is C15H18N2O3S. The highest BCUT2D eigenvalue weighted by Crippen LogP contribution is 2.10. The van der Waals surface area contributed by atoms with E-state index in [4.69, 9.17) is 4.74 Å². The Morgan fingerprint density at radius 3 is 2.43 bits per heavy atom. The second kappa shape index (κ2) is 6.69. The zero-order valence-electron chi connectivity index (χ0n) is 12.0. The van der Waals surface area contributed by atoms with E-state index in [1.54, 1.807) is 25.3 Å². The lowest BCUT2D eigenvalue weighted by molar-refractivity contribution is 0.395. The average molecular weight is 306 g/mol. The van der Waals surface area contributed by atoms with Gasteiger partial charge in [-0.1, -0.05) is 18.2 Å². The van der Waals surface area contributed by atoms with E-state index in [1.807, 2.05) is 24.3 Å². The van der Waals surface area contributed by atoms with Crippen molar-refractivity contribution in [1.29, 1.82) is 0 Å². The van der Waals surface area contributed by atoms with Crippen molar-refractivity contribution >= 4 is 9.84 Å². The SMILES string of the molecule is COc1cccc(CNCc2ccc(S(C)(=O)=O)cc2)n1. The van der Waals surface area contributed by atoms with Gasteiger partial charge in [-0.2, -0.15) is 0 Å². The predicted octanol–water partition coefficient (Wildman–Crippen LogP) is 1.78. The molecule has 1 heterocycles. The van der Waals surface area contributed by atoms with Gasteiger partial charge in [0.1, 0.15) is 0 Å². The fourth-order valence-electron chi connectivity index (χ4n) is 1.86. The maximum Gasteiger partial charge on any atom is 0.213 e. The number of ether oxygens (including phenoxy) is 1. The standard InChI is InChI=1S/C15H18N2O3S/c1-20-15-5-3-4-13(17-15)11-16-10-12-6-8-14(9-7-12)21(2,18)19/h3-9,16H,10-11H2,1-2H3. The van der Waals surface area contributed by atoms with Crippen LogP contribution >= 0.6 is 0 Å². The van der Waals surface area contributed by atoms with Crippen LogP contribution in [0, 0.1) is 0 Å². The molecular weight excluding hydrogens is 288 g/mol. The zero-order valence-corrected chi connectivity index (χ0v) is 12.9. The van der Waals surface area contributed by atoms with E-state index in [-0.39, 0.29) is 0 Å². The van der Waals surface area contributed by atoms with Crippen LogP contribution in [0.15, 0.2) is 47.4 Å². The van der Waals surface area contributed by atoms with E-state index in [0.717, 1.165) is 11.3 Å². The van der Waals surface area contributed by atoms with Crippen molar-refractivity contribution in [3.8, 4) is 5.88 Å². The number of aromatic nitrogens is 1. The van der Waals surface area contributed by atoms with Crippen LogP contribution in [-0.4, -0.2) is 26.8 Å². The molecule has 0 atom stereocenters. The van der Waals surface area contributed by atoms with Gasteiger partial charge in [0.2, 0.25) is 5.88 Å². The molecule has 5 nitrogen and oxygen atoms in total. The maximum atomic E-state index is 11.4. The highest BCUT2D eigenvalue weighted by Gasteiger charge is 2.06. The van der Waals surface area contributed by atoms with E-state index in [9.17, 15) is 8.42 Å². The first kappa shape index (κ1) is 15.5. The summed E-state index contributed by atoms with van der Waals surface area (Å²) in [5.74, 6) is 0.590. The van der Waals surface area contributed by atoms with Gasteiger partial charge in [-0.15, -0.1) is 0 Å². The Morgan fingerprint density at radius 1 is 1.10 bits per heavy atom. The average Bonchev–Trinajstić information content (AvgIpc) is 2.47. The second-order valence-electron chi connectivity index (χ2n) is 4.69. The Morgan fingerprint density at radius 2 is 1.81 bits per heavy atom. The molecule has 1 N–H and O–H groups in total.